The molecule has 1 aromatic carbocycles. The van der Waals surface area contributed by atoms with Gasteiger partial charge in [0.15, 0.2) is 10.9 Å². The molecule has 3 rings (SSSR count). The number of benzene rings is 1. The predicted molar refractivity (Wildman–Crippen MR) is 105 cm³/mol. The van der Waals surface area contributed by atoms with Crippen LogP contribution in [-0.2, 0) is 5.75 Å². The second kappa shape index (κ2) is 8.77. The van der Waals surface area contributed by atoms with Gasteiger partial charge in [-0.1, -0.05) is 41.6 Å². The lowest BCUT2D eigenvalue weighted by Crippen LogP contribution is -2.32. The summed E-state index contributed by atoms with van der Waals surface area (Å²) in [4.78, 5) is 21.1. The lowest BCUT2D eigenvalue weighted by molar-refractivity contribution is 0.0933. The molecular formula is C19H22N6OS. The van der Waals surface area contributed by atoms with Crippen molar-refractivity contribution in [2.75, 3.05) is 0 Å². The summed E-state index contributed by atoms with van der Waals surface area (Å²) >= 11 is 1.44. The molecule has 1 N–H and O–H groups in total. The SMILES string of the molecule is CCC(C)NC(=O)c1nnn(-c2ccc(C)cc2)c1CSc1ncccn1. The minimum Gasteiger partial charge on any atom is -0.348 e. The van der Waals surface area contributed by atoms with E-state index in [0.717, 1.165) is 23.4 Å². The molecule has 1 atom stereocenters. The fourth-order valence-corrected chi connectivity index (χ4v) is 3.18. The first-order valence-corrected chi connectivity index (χ1v) is 9.79. The van der Waals surface area contributed by atoms with Crippen LogP contribution in [0.25, 0.3) is 5.69 Å². The smallest absolute Gasteiger partial charge is 0.274 e. The van der Waals surface area contributed by atoms with Gasteiger partial charge in [-0.2, -0.15) is 0 Å². The molecule has 2 aromatic heterocycles. The van der Waals surface area contributed by atoms with Crippen LogP contribution in [0.2, 0.25) is 0 Å². The lowest BCUT2D eigenvalue weighted by Gasteiger charge is -2.11. The fourth-order valence-electron chi connectivity index (χ4n) is 2.39. The number of carbonyl (C=O) groups is 1. The molecule has 0 saturated carbocycles. The molecule has 1 unspecified atom stereocenters. The van der Waals surface area contributed by atoms with Crippen molar-refractivity contribution >= 4 is 17.7 Å². The van der Waals surface area contributed by atoms with E-state index < -0.39 is 0 Å². The third kappa shape index (κ3) is 4.71. The predicted octanol–water partition coefficient (Wildman–Crippen LogP) is 3.19. The minimum absolute atomic E-state index is 0.0694. The Morgan fingerprint density at radius 1 is 1.22 bits per heavy atom. The van der Waals surface area contributed by atoms with Crippen molar-refractivity contribution < 1.29 is 4.79 Å². The highest BCUT2D eigenvalue weighted by Crippen LogP contribution is 2.23. The number of hydrogen-bond donors (Lipinski definition) is 1. The molecule has 0 aliphatic rings. The Bertz CT molecular complexity index is 894. The lowest BCUT2D eigenvalue weighted by atomic mass is 10.2. The van der Waals surface area contributed by atoms with E-state index >= 15 is 0 Å². The van der Waals surface area contributed by atoms with Crippen molar-refractivity contribution in [3.8, 4) is 5.69 Å². The minimum atomic E-state index is -0.215. The molecular weight excluding hydrogens is 360 g/mol. The van der Waals surface area contributed by atoms with Gasteiger partial charge in [0.25, 0.3) is 5.91 Å². The number of aromatic nitrogens is 5. The van der Waals surface area contributed by atoms with Crippen LogP contribution in [0.15, 0.2) is 47.9 Å². The second-order valence-corrected chi connectivity index (χ2v) is 7.18. The topological polar surface area (TPSA) is 85.6 Å². The number of nitrogens with zero attached hydrogens (tertiary/aromatic N) is 5. The zero-order valence-electron chi connectivity index (χ0n) is 15.6. The van der Waals surface area contributed by atoms with Crippen molar-refractivity contribution in [3.63, 3.8) is 0 Å². The molecule has 0 bridgehead atoms. The molecule has 0 saturated heterocycles. The normalized spacial score (nSPS) is 12.0. The third-order valence-electron chi connectivity index (χ3n) is 4.13. The molecule has 3 aromatic rings. The van der Waals surface area contributed by atoms with Gasteiger partial charge in [0.2, 0.25) is 0 Å². The molecule has 7 nitrogen and oxygen atoms in total. The van der Waals surface area contributed by atoms with Crippen LogP contribution in [0.3, 0.4) is 0 Å². The Morgan fingerprint density at radius 3 is 2.59 bits per heavy atom. The van der Waals surface area contributed by atoms with Crippen molar-refractivity contribution in [1.82, 2.24) is 30.3 Å². The van der Waals surface area contributed by atoms with Crippen molar-refractivity contribution in [2.45, 2.75) is 44.1 Å². The van der Waals surface area contributed by atoms with E-state index in [1.807, 2.05) is 45.0 Å². The molecule has 1 amide bonds. The first-order chi connectivity index (χ1) is 13.1. The van der Waals surface area contributed by atoms with Crippen molar-refractivity contribution in [2.24, 2.45) is 0 Å². The van der Waals surface area contributed by atoms with E-state index in [0.29, 0.717) is 16.6 Å². The van der Waals surface area contributed by atoms with Crippen LogP contribution < -0.4 is 5.32 Å². The van der Waals surface area contributed by atoms with E-state index in [2.05, 4.69) is 25.6 Å². The summed E-state index contributed by atoms with van der Waals surface area (Å²) in [5.74, 6) is 0.265. The van der Waals surface area contributed by atoms with Crippen LogP contribution in [0.5, 0.6) is 0 Å². The van der Waals surface area contributed by atoms with Crippen LogP contribution in [0.1, 0.15) is 42.0 Å². The van der Waals surface area contributed by atoms with Gasteiger partial charge in [-0.05, 0) is 38.5 Å². The van der Waals surface area contributed by atoms with Crippen LogP contribution >= 0.6 is 11.8 Å². The summed E-state index contributed by atoms with van der Waals surface area (Å²) in [5.41, 5.74) is 3.07. The Balaban J connectivity index is 1.93. The Kier molecular flexibility index (Phi) is 6.18. The summed E-state index contributed by atoms with van der Waals surface area (Å²) in [6, 6.07) is 9.79. The summed E-state index contributed by atoms with van der Waals surface area (Å²) in [5, 5.41) is 12.0. The van der Waals surface area contributed by atoms with E-state index in [-0.39, 0.29) is 11.9 Å². The quantitative estimate of drug-likeness (QED) is 0.499. The van der Waals surface area contributed by atoms with Gasteiger partial charge in [-0.3, -0.25) is 4.79 Å². The second-order valence-electron chi connectivity index (χ2n) is 6.23. The fraction of sp³-hybridized carbons (Fsp3) is 0.316. The molecule has 0 fully saturated rings. The first-order valence-electron chi connectivity index (χ1n) is 8.80. The van der Waals surface area contributed by atoms with Crippen molar-refractivity contribution in [3.05, 3.63) is 59.7 Å². The van der Waals surface area contributed by atoms with Gasteiger partial charge in [0.05, 0.1) is 11.4 Å². The summed E-state index contributed by atoms with van der Waals surface area (Å²) in [6.07, 6.45) is 4.24. The third-order valence-corrected chi connectivity index (χ3v) is 5.01. The van der Waals surface area contributed by atoms with Crippen LogP contribution in [0, 0.1) is 6.92 Å². The highest BCUT2D eigenvalue weighted by atomic mass is 32.2. The highest BCUT2D eigenvalue weighted by Gasteiger charge is 2.22. The van der Waals surface area contributed by atoms with Gasteiger partial charge in [-0.15, -0.1) is 5.10 Å². The maximum absolute atomic E-state index is 12.7. The Labute approximate surface area is 162 Å². The molecule has 8 heteroatoms. The zero-order valence-corrected chi connectivity index (χ0v) is 16.4. The van der Waals surface area contributed by atoms with Gasteiger partial charge in [0.1, 0.15) is 0 Å². The summed E-state index contributed by atoms with van der Waals surface area (Å²) in [6.45, 7) is 6.02. The Hall–Kier alpha value is -2.74. The molecule has 140 valence electrons. The van der Waals surface area contributed by atoms with E-state index in [1.165, 1.54) is 11.8 Å². The van der Waals surface area contributed by atoms with E-state index in [1.54, 1.807) is 23.1 Å². The molecule has 0 aliphatic heterocycles. The number of carbonyl (C=O) groups excluding carboxylic acids is 1. The number of aryl methyl sites for hydroxylation is 1. The Morgan fingerprint density at radius 2 is 1.93 bits per heavy atom. The zero-order chi connectivity index (χ0) is 19.2. The first kappa shape index (κ1) is 19.0. The van der Waals surface area contributed by atoms with Gasteiger partial charge in [0, 0.05) is 24.2 Å². The number of nitrogens with one attached hydrogen (secondary N) is 1. The molecule has 0 spiro atoms. The molecule has 0 radical (unpaired) electrons. The van der Waals surface area contributed by atoms with Crippen molar-refractivity contribution in [1.29, 1.82) is 0 Å². The summed E-state index contributed by atoms with van der Waals surface area (Å²) in [7, 11) is 0. The maximum atomic E-state index is 12.7. The van der Waals surface area contributed by atoms with Gasteiger partial charge >= 0.3 is 0 Å². The average molecular weight is 382 g/mol. The molecule has 27 heavy (non-hydrogen) atoms. The summed E-state index contributed by atoms with van der Waals surface area (Å²) < 4.78 is 1.71. The number of hydrogen-bond acceptors (Lipinski definition) is 6. The standard InChI is InChI=1S/C19H22N6OS/c1-4-14(3)22-18(26)17-16(12-27-19-20-10-5-11-21-19)25(24-23-17)15-8-6-13(2)7-9-15/h5-11,14H,4,12H2,1-3H3,(H,22,26). The molecule has 0 aliphatic carbocycles. The highest BCUT2D eigenvalue weighted by molar-refractivity contribution is 7.98. The number of thioether (sulfide) groups is 1. The maximum Gasteiger partial charge on any atom is 0.274 e. The van der Waals surface area contributed by atoms with Gasteiger partial charge in [-0.25, -0.2) is 14.6 Å². The monoisotopic (exact) mass is 382 g/mol. The number of amides is 1. The average Bonchev–Trinajstić information content (AvgIpc) is 3.11. The van der Waals surface area contributed by atoms with Crippen LogP contribution in [-0.4, -0.2) is 36.9 Å². The van der Waals surface area contributed by atoms with Crippen LogP contribution in [0.4, 0.5) is 0 Å². The number of rotatable bonds is 7. The van der Waals surface area contributed by atoms with Gasteiger partial charge < -0.3 is 5.32 Å². The largest absolute Gasteiger partial charge is 0.348 e. The molecule has 2 heterocycles. The van der Waals surface area contributed by atoms with E-state index in [9.17, 15) is 4.79 Å². The van der Waals surface area contributed by atoms with E-state index in [4.69, 9.17) is 0 Å².